The molecule has 10 heteroatoms. The number of carbonyl (C=O) groups excluding carboxylic acids is 1. The Morgan fingerprint density at radius 3 is 2.59 bits per heavy atom. The van der Waals surface area contributed by atoms with E-state index in [9.17, 15) is 23.1 Å². The molecule has 1 aromatic carbocycles. The number of nitrogens with zero attached hydrogens (tertiary/aromatic N) is 3. The number of hydrogen-bond donors (Lipinski definition) is 2. The molecule has 0 saturated heterocycles. The number of alkyl halides is 2. The van der Waals surface area contributed by atoms with Gasteiger partial charge in [-0.2, -0.15) is 4.98 Å². The van der Waals surface area contributed by atoms with E-state index in [0.717, 1.165) is 18.3 Å². The molecule has 0 spiro atoms. The maximum atomic E-state index is 13.1. The van der Waals surface area contributed by atoms with Gasteiger partial charge >= 0.3 is 0 Å². The van der Waals surface area contributed by atoms with Gasteiger partial charge in [-0.25, -0.2) is 13.2 Å². The summed E-state index contributed by atoms with van der Waals surface area (Å²) in [7, 11) is 0. The predicted octanol–water partition coefficient (Wildman–Crippen LogP) is 3.37. The van der Waals surface area contributed by atoms with E-state index in [1.54, 1.807) is 13.8 Å². The summed E-state index contributed by atoms with van der Waals surface area (Å²) in [5.41, 5.74) is 0.369. The predicted molar refractivity (Wildman–Crippen MR) is 95.5 cm³/mol. The van der Waals surface area contributed by atoms with Crippen molar-refractivity contribution in [1.29, 1.82) is 0 Å². The number of carbonyl (C=O) groups is 1. The third kappa shape index (κ3) is 4.77. The minimum absolute atomic E-state index is 0.00962. The molecule has 2 atom stereocenters. The van der Waals surface area contributed by atoms with E-state index in [0.29, 0.717) is 5.89 Å². The van der Waals surface area contributed by atoms with Crippen LogP contribution in [-0.2, 0) is 0 Å². The molecule has 152 valence electrons. The van der Waals surface area contributed by atoms with Gasteiger partial charge in [0, 0.05) is 18.1 Å². The lowest BCUT2D eigenvalue weighted by Gasteiger charge is -2.15. The summed E-state index contributed by atoms with van der Waals surface area (Å²) in [6, 6.07) is 5.73. The highest BCUT2D eigenvalue weighted by molar-refractivity contribution is 5.95. The SMILES string of the molecule is Cc1nc([C@@H](C)NC(=O)c2cc(-c3ccc(F)cn3)cc(C(O)C(F)F)c2)no1. The first kappa shape index (κ1) is 20.5. The number of aliphatic hydroxyl groups excluding tert-OH is 1. The van der Waals surface area contributed by atoms with Crippen LogP contribution in [0.1, 0.15) is 46.7 Å². The van der Waals surface area contributed by atoms with Gasteiger partial charge in [0.1, 0.15) is 11.9 Å². The number of pyridine rings is 1. The molecule has 29 heavy (non-hydrogen) atoms. The zero-order chi connectivity index (χ0) is 21.1. The second-order valence-electron chi connectivity index (χ2n) is 6.35. The van der Waals surface area contributed by atoms with Crippen LogP contribution in [-0.4, -0.2) is 32.6 Å². The topological polar surface area (TPSA) is 101 Å². The summed E-state index contributed by atoms with van der Waals surface area (Å²) in [6.07, 6.45) is -4.19. The average Bonchev–Trinajstić information content (AvgIpc) is 3.14. The molecule has 0 radical (unpaired) electrons. The number of aromatic nitrogens is 3. The number of rotatable bonds is 6. The van der Waals surface area contributed by atoms with E-state index in [2.05, 4.69) is 20.4 Å². The zero-order valence-electron chi connectivity index (χ0n) is 15.4. The van der Waals surface area contributed by atoms with Crippen LogP contribution < -0.4 is 5.32 Å². The number of benzene rings is 1. The van der Waals surface area contributed by atoms with Crippen LogP contribution in [0.2, 0.25) is 0 Å². The van der Waals surface area contributed by atoms with Crippen molar-refractivity contribution >= 4 is 5.91 Å². The van der Waals surface area contributed by atoms with Crippen LogP contribution in [0.3, 0.4) is 0 Å². The minimum atomic E-state index is -3.05. The van der Waals surface area contributed by atoms with Crippen LogP contribution in [0.4, 0.5) is 13.2 Å². The molecule has 0 saturated carbocycles. The van der Waals surface area contributed by atoms with Gasteiger partial charge in [0.15, 0.2) is 5.82 Å². The summed E-state index contributed by atoms with van der Waals surface area (Å²) < 4.78 is 44.1. The van der Waals surface area contributed by atoms with E-state index in [-0.39, 0.29) is 28.2 Å². The third-order valence-corrected chi connectivity index (χ3v) is 4.10. The van der Waals surface area contributed by atoms with Crippen LogP contribution in [0, 0.1) is 12.7 Å². The fraction of sp³-hybridized carbons (Fsp3) is 0.263. The van der Waals surface area contributed by atoms with Gasteiger partial charge in [-0.15, -0.1) is 0 Å². The number of halogens is 3. The van der Waals surface area contributed by atoms with Gasteiger partial charge in [0.05, 0.1) is 17.9 Å². The van der Waals surface area contributed by atoms with Gasteiger partial charge in [0.25, 0.3) is 12.3 Å². The quantitative estimate of drug-likeness (QED) is 0.651. The second kappa shape index (κ2) is 8.39. The van der Waals surface area contributed by atoms with E-state index in [1.807, 2.05) is 0 Å². The number of aryl methyl sites for hydroxylation is 1. The Morgan fingerprint density at radius 1 is 1.24 bits per heavy atom. The summed E-state index contributed by atoms with van der Waals surface area (Å²) in [5, 5.41) is 16.1. The van der Waals surface area contributed by atoms with Gasteiger partial charge in [-0.1, -0.05) is 5.16 Å². The number of nitrogens with one attached hydrogen (secondary N) is 1. The largest absolute Gasteiger partial charge is 0.382 e. The molecule has 0 bridgehead atoms. The Kier molecular flexibility index (Phi) is 5.92. The highest BCUT2D eigenvalue weighted by atomic mass is 19.3. The monoisotopic (exact) mass is 406 g/mol. The normalized spacial score (nSPS) is 13.3. The molecule has 0 aliphatic rings. The van der Waals surface area contributed by atoms with Crippen molar-refractivity contribution in [3.05, 3.63) is 65.2 Å². The van der Waals surface area contributed by atoms with Crippen molar-refractivity contribution in [2.24, 2.45) is 0 Å². The molecule has 1 amide bonds. The molecular weight excluding hydrogens is 389 g/mol. The molecule has 0 aliphatic heterocycles. The average molecular weight is 406 g/mol. The Hall–Kier alpha value is -3.27. The first-order valence-electron chi connectivity index (χ1n) is 8.59. The Balaban J connectivity index is 1.95. The lowest BCUT2D eigenvalue weighted by molar-refractivity contribution is -0.00579. The van der Waals surface area contributed by atoms with E-state index < -0.39 is 30.3 Å². The van der Waals surface area contributed by atoms with Crippen LogP contribution in [0.25, 0.3) is 11.3 Å². The van der Waals surface area contributed by atoms with Crippen LogP contribution >= 0.6 is 0 Å². The third-order valence-electron chi connectivity index (χ3n) is 4.10. The Labute approximate surface area is 163 Å². The number of aliphatic hydroxyl groups is 1. The Bertz CT molecular complexity index is 1010. The highest BCUT2D eigenvalue weighted by Gasteiger charge is 2.23. The molecule has 2 aromatic heterocycles. The van der Waals surface area contributed by atoms with Gasteiger partial charge < -0.3 is 14.9 Å². The van der Waals surface area contributed by atoms with Gasteiger partial charge in [-0.3, -0.25) is 9.78 Å². The second-order valence-corrected chi connectivity index (χ2v) is 6.35. The first-order chi connectivity index (χ1) is 13.7. The van der Waals surface area contributed by atoms with Gasteiger partial charge in [-0.05, 0) is 42.8 Å². The van der Waals surface area contributed by atoms with Crippen LogP contribution in [0.5, 0.6) is 0 Å². The summed E-state index contributed by atoms with van der Waals surface area (Å²) in [5.74, 6) is -0.598. The standard InChI is InChI=1S/C19H17F3N4O3/c1-9(18-25-10(2)29-26-18)24-19(28)13-6-11(15-4-3-14(20)8-23-15)5-12(7-13)16(27)17(21)22/h3-9,16-17,27H,1-2H3,(H,24,28)/t9-,16?/m1/s1. The van der Waals surface area contributed by atoms with Crippen molar-refractivity contribution in [3.8, 4) is 11.3 Å². The van der Waals surface area contributed by atoms with Crippen molar-refractivity contribution in [3.63, 3.8) is 0 Å². The smallest absolute Gasteiger partial charge is 0.268 e. The van der Waals surface area contributed by atoms with Crippen LogP contribution in [0.15, 0.2) is 41.1 Å². The maximum absolute atomic E-state index is 13.1. The molecule has 0 fully saturated rings. The fourth-order valence-electron chi connectivity index (χ4n) is 2.63. The molecule has 2 N–H and O–H groups in total. The summed E-state index contributed by atoms with van der Waals surface area (Å²) >= 11 is 0. The maximum Gasteiger partial charge on any atom is 0.268 e. The first-order valence-corrected chi connectivity index (χ1v) is 8.59. The lowest BCUT2D eigenvalue weighted by Crippen LogP contribution is -2.27. The number of hydrogen-bond acceptors (Lipinski definition) is 6. The molecule has 7 nitrogen and oxygen atoms in total. The summed E-state index contributed by atoms with van der Waals surface area (Å²) in [6.45, 7) is 3.23. The molecule has 3 aromatic rings. The Morgan fingerprint density at radius 2 is 2.00 bits per heavy atom. The molecule has 0 aliphatic carbocycles. The van der Waals surface area contributed by atoms with Gasteiger partial charge in [0.2, 0.25) is 5.89 Å². The van der Waals surface area contributed by atoms with Crippen molar-refractivity contribution < 1.29 is 27.6 Å². The minimum Gasteiger partial charge on any atom is -0.382 e. The van der Waals surface area contributed by atoms with E-state index >= 15 is 0 Å². The highest BCUT2D eigenvalue weighted by Crippen LogP contribution is 2.27. The molecular formula is C19H17F3N4O3. The summed E-state index contributed by atoms with van der Waals surface area (Å²) in [4.78, 5) is 20.6. The van der Waals surface area contributed by atoms with Crippen molar-refractivity contribution in [2.75, 3.05) is 0 Å². The van der Waals surface area contributed by atoms with Crippen molar-refractivity contribution in [2.45, 2.75) is 32.4 Å². The number of amides is 1. The zero-order valence-corrected chi connectivity index (χ0v) is 15.4. The fourth-order valence-corrected chi connectivity index (χ4v) is 2.63. The molecule has 1 unspecified atom stereocenters. The molecule has 3 rings (SSSR count). The van der Waals surface area contributed by atoms with E-state index in [1.165, 1.54) is 18.2 Å². The van der Waals surface area contributed by atoms with Crippen molar-refractivity contribution in [1.82, 2.24) is 20.4 Å². The van der Waals surface area contributed by atoms with E-state index in [4.69, 9.17) is 4.52 Å². The molecule has 2 heterocycles. The lowest BCUT2D eigenvalue weighted by atomic mass is 9.99.